The minimum Gasteiger partial charge on any atom is -0.472 e. The van der Waals surface area contributed by atoms with Crippen molar-refractivity contribution in [3.63, 3.8) is 0 Å². The summed E-state index contributed by atoms with van der Waals surface area (Å²) in [5, 5.41) is 19.2. The van der Waals surface area contributed by atoms with Crippen LogP contribution in [0.2, 0.25) is 0 Å². The summed E-state index contributed by atoms with van der Waals surface area (Å²) in [7, 11) is 1.69. The van der Waals surface area contributed by atoms with Crippen LogP contribution in [0.4, 0.5) is 0 Å². The quantitative estimate of drug-likeness (QED) is 0.636. The van der Waals surface area contributed by atoms with Crippen molar-refractivity contribution in [1.29, 1.82) is 0 Å². The van der Waals surface area contributed by atoms with Gasteiger partial charge in [0, 0.05) is 49.2 Å². The van der Waals surface area contributed by atoms with Gasteiger partial charge in [0.15, 0.2) is 0 Å². The third kappa shape index (κ3) is 5.90. The number of carbonyl (C=O) groups excluding carboxylic acids is 2. The van der Waals surface area contributed by atoms with E-state index >= 15 is 0 Å². The highest BCUT2D eigenvalue weighted by Gasteiger charge is 2.34. The van der Waals surface area contributed by atoms with Gasteiger partial charge in [0.25, 0.3) is 11.8 Å². The molecule has 2 aromatic heterocycles. The van der Waals surface area contributed by atoms with E-state index < -0.39 is 18.2 Å². The van der Waals surface area contributed by atoms with Crippen LogP contribution >= 0.6 is 0 Å². The summed E-state index contributed by atoms with van der Waals surface area (Å²) in [6.07, 6.45) is 3.33. The Labute approximate surface area is 199 Å². The molecule has 3 rings (SSSR count). The largest absolute Gasteiger partial charge is 0.472 e. The summed E-state index contributed by atoms with van der Waals surface area (Å²) in [5.41, 5.74) is 1.20. The second-order valence-corrected chi connectivity index (χ2v) is 8.57. The number of amides is 2. The van der Waals surface area contributed by atoms with Crippen molar-refractivity contribution >= 4 is 11.8 Å². The number of rotatable bonds is 5. The highest BCUT2D eigenvalue weighted by Crippen LogP contribution is 2.27. The van der Waals surface area contributed by atoms with Crippen LogP contribution in [-0.2, 0) is 0 Å². The van der Waals surface area contributed by atoms with E-state index in [4.69, 9.17) is 4.74 Å². The Hall–Kier alpha value is -3.48. The zero-order chi connectivity index (χ0) is 24.8. The molecule has 9 nitrogen and oxygen atoms in total. The predicted molar refractivity (Wildman–Crippen MR) is 125 cm³/mol. The van der Waals surface area contributed by atoms with Gasteiger partial charge in [-0.25, -0.2) is 4.98 Å². The molecule has 9 heteroatoms. The molecule has 180 valence electrons. The molecule has 34 heavy (non-hydrogen) atoms. The molecule has 0 saturated heterocycles. The van der Waals surface area contributed by atoms with Gasteiger partial charge in [-0.1, -0.05) is 18.8 Å². The van der Waals surface area contributed by atoms with Gasteiger partial charge in [-0.2, -0.15) is 0 Å². The number of hydrogen-bond donors (Lipinski definition) is 2. The average Bonchev–Trinajstić information content (AvgIpc) is 2.84. The Morgan fingerprint density at radius 2 is 2.06 bits per heavy atom. The molecule has 0 saturated carbocycles. The van der Waals surface area contributed by atoms with Crippen molar-refractivity contribution in [1.82, 2.24) is 19.8 Å². The third-order valence-corrected chi connectivity index (χ3v) is 5.67. The second-order valence-electron chi connectivity index (χ2n) is 8.57. The van der Waals surface area contributed by atoms with Crippen LogP contribution in [0.5, 0.6) is 5.88 Å². The molecule has 2 N–H and O–H groups in total. The predicted octanol–water partition coefficient (Wildman–Crippen LogP) is 1.20. The Kier molecular flexibility index (Phi) is 8.21. The van der Waals surface area contributed by atoms with Crippen molar-refractivity contribution < 1.29 is 24.5 Å². The van der Waals surface area contributed by atoms with Crippen molar-refractivity contribution in [2.75, 3.05) is 26.7 Å². The zero-order valence-electron chi connectivity index (χ0n) is 19.8. The van der Waals surface area contributed by atoms with Crippen LogP contribution in [-0.4, -0.2) is 86.8 Å². The first-order valence-electron chi connectivity index (χ1n) is 11.1. The van der Waals surface area contributed by atoms with Crippen molar-refractivity contribution in [3.05, 3.63) is 53.5 Å². The van der Waals surface area contributed by atoms with E-state index in [0.717, 1.165) is 0 Å². The summed E-state index contributed by atoms with van der Waals surface area (Å²) < 4.78 is 6.19. The molecule has 3 heterocycles. The number of carbonyl (C=O) groups is 2. The normalized spacial score (nSPS) is 19.5. The lowest BCUT2D eigenvalue weighted by atomic mass is 9.99. The molecule has 0 aromatic carbocycles. The van der Waals surface area contributed by atoms with Crippen LogP contribution in [0.15, 0.2) is 36.8 Å². The Balaban J connectivity index is 1.95. The van der Waals surface area contributed by atoms with E-state index in [1.165, 1.54) is 6.20 Å². The molecule has 0 radical (unpaired) electrons. The summed E-state index contributed by atoms with van der Waals surface area (Å²) in [5.74, 6) is 4.93. The molecule has 0 unspecified atom stereocenters. The maximum absolute atomic E-state index is 13.4. The number of fused-ring (bicyclic) bond motifs is 1. The fourth-order valence-electron chi connectivity index (χ4n) is 3.64. The van der Waals surface area contributed by atoms with E-state index in [-0.39, 0.29) is 42.3 Å². The fourth-order valence-corrected chi connectivity index (χ4v) is 3.64. The molecule has 4 atom stereocenters. The molecule has 0 bridgehead atoms. The topological polar surface area (TPSA) is 116 Å². The van der Waals surface area contributed by atoms with Gasteiger partial charge in [0.1, 0.15) is 17.8 Å². The molecule has 1 aliphatic heterocycles. The molecule has 0 aliphatic carbocycles. The van der Waals surface area contributed by atoms with Crippen molar-refractivity contribution in [2.45, 2.75) is 39.0 Å². The number of likely N-dealkylation sites (N-methyl/N-ethyl adjacent to an activating group) is 1. The molecule has 2 amide bonds. The van der Waals surface area contributed by atoms with Gasteiger partial charge in [-0.15, -0.1) is 0 Å². The monoisotopic (exact) mass is 466 g/mol. The highest BCUT2D eigenvalue weighted by molar-refractivity contribution is 5.97. The molecular weight excluding hydrogens is 436 g/mol. The van der Waals surface area contributed by atoms with Gasteiger partial charge < -0.3 is 24.7 Å². The van der Waals surface area contributed by atoms with Crippen LogP contribution in [0.25, 0.3) is 0 Å². The van der Waals surface area contributed by atoms with Gasteiger partial charge in [-0.05, 0) is 32.0 Å². The minimum atomic E-state index is -0.821. The molecule has 1 aliphatic rings. The lowest BCUT2D eigenvalue weighted by Gasteiger charge is -2.37. The number of aromatic nitrogens is 2. The van der Waals surface area contributed by atoms with E-state index in [9.17, 15) is 19.8 Å². The van der Waals surface area contributed by atoms with Gasteiger partial charge in [-0.3, -0.25) is 14.6 Å². The zero-order valence-corrected chi connectivity index (χ0v) is 19.8. The van der Waals surface area contributed by atoms with Crippen LogP contribution in [0, 0.1) is 17.8 Å². The van der Waals surface area contributed by atoms with Crippen LogP contribution in [0.3, 0.4) is 0 Å². The van der Waals surface area contributed by atoms with Gasteiger partial charge in [0.05, 0.1) is 19.2 Å². The molecule has 0 spiro atoms. The summed E-state index contributed by atoms with van der Waals surface area (Å²) in [6, 6.07) is 4.45. The van der Waals surface area contributed by atoms with Crippen molar-refractivity contribution in [3.8, 4) is 17.7 Å². The first-order chi connectivity index (χ1) is 16.2. The number of aliphatic hydroxyl groups excluding tert-OH is 2. The number of ether oxygens (including phenoxy) is 1. The Morgan fingerprint density at radius 3 is 2.71 bits per heavy atom. The lowest BCUT2D eigenvalue weighted by molar-refractivity contribution is 0.0313. The first kappa shape index (κ1) is 25.1. The highest BCUT2D eigenvalue weighted by atomic mass is 16.5. The van der Waals surface area contributed by atoms with Crippen LogP contribution < -0.4 is 4.74 Å². The maximum Gasteiger partial charge on any atom is 0.259 e. The number of nitrogens with zero attached hydrogens (tertiary/aromatic N) is 4. The van der Waals surface area contributed by atoms with E-state index in [1.54, 1.807) is 61.3 Å². The summed E-state index contributed by atoms with van der Waals surface area (Å²) >= 11 is 0. The maximum atomic E-state index is 13.4. The number of hydrogen-bond acceptors (Lipinski definition) is 7. The Morgan fingerprint density at radius 1 is 1.35 bits per heavy atom. The molecule has 0 fully saturated rings. The SMILES string of the molecule is C[C@H](O)C#Cc1cnc2c(c1)C(=O)N([C@H](C)CO)C[C@H](C)[C@H](CN(C)C(=O)c1ccncc1)O2. The lowest BCUT2D eigenvalue weighted by Crippen LogP contribution is -2.50. The third-order valence-electron chi connectivity index (χ3n) is 5.67. The van der Waals surface area contributed by atoms with E-state index in [0.29, 0.717) is 17.7 Å². The smallest absolute Gasteiger partial charge is 0.259 e. The molecular formula is C25H30N4O5. The standard InChI is InChI=1S/C25H30N4O5/c1-16-13-29(17(2)15-30)25(33)21-11-19(6-5-18(3)31)12-27-23(21)34-22(16)14-28(4)24(32)20-7-9-26-10-8-20/h7-12,16-18,22,30-31H,13-15H2,1-4H3/t16-,17+,18-,22-/m0/s1. The van der Waals surface area contributed by atoms with E-state index in [1.807, 2.05) is 6.92 Å². The minimum absolute atomic E-state index is 0.143. The number of pyridine rings is 2. The molecule has 2 aromatic rings. The summed E-state index contributed by atoms with van der Waals surface area (Å²) in [6.45, 7) is 5.64. The van der Waals surface area contributed by atoms with Crippen molar-refractivity contribution in [2.24, 2.45) is 5.92 Å². The van der Waals surface area contributed by atoms with Gasteiger partial charge in [0.2, 0.25) is 5.88 Å². The number of aliphatic hydroxyl groups is 2. The van der Waals surface area contributed by atoms with Crippen LogP contribution in [0.1, 0.15) is 47.1 Å². The average molecular weight is 467 g/mol. The van der Waals surface area contributed by atoms with Gasteiger partial charge >= 0.3 is 0 Å². The second kappa shape index (κ2) is 11.1. The van der Waals surface area contributed by atoms with E-state index in [2.05, 4.69) is 21.8 Å². The first-order valence-corrected chi connectivity index (χ1v) is 11.1. The summed E-state index contributed by atoms with van der Waals surface area (Å²) in [4.78, 5) is 37.7. The fraction of sp³-hybridized carbons (Fsp3) is 0.440. The Bertz CT molecular complexity index is 1080.